The summed E-state index contributed by atoms with van der Waals surface area (Å²) in [5.74, 6) is -1.33. The van der Waals surface area contributed by atoms with Gasteiger partial charge in [0, 0.05) is 16.3 Å². The van der Waals surface area contributed by atoms with Gasteiger partial charge in [-0.1, -0.05) is 23.7 Å². The van der Waals surface area contributed by atoms with E-state index in [9.17, 15) is 14.0 Å². The zero-order valence-electron chi connectivity index (χ0n) is 17.9. The van der Waals surface area contributed by atoms with Gasteiger partial charge in [0.2, 0.25) is 0 Å². The van der Waals surface area contributed by atoms with Crippen molar-refractivity contribution in [3.8, 4) is 11.5 Å². The molecular weight excluding hydrogens is 449 g/mol. The average Bonchev–Trinajstić information content (AvgIpc) is 2.83. The molecule has 0 aliphatic rings. The highest BCUT2D eigenvalue weighted by Crippen LogP contribution is 2.29. The molecule has 0 saturated heterocycles. The molecule has 3 aromatic carbocycles. The number of rotatable bonds is 7. The van der Waals surface area contributed by atoms with E-state index in [-0.39, 0.29) is 5.69 Å². The third kappa shape index (κ3) is 6.78. The number of ether oxygens (including phenoxy) is 2. The Labute approximate surface area is 195 Å². The summed E-state index contributed by atoms with van der Waals surface area (Å²) in [5.41, 5.74) is 4.54. The van der Waals surface area contributed by atoms with Gasteiger partial charge in [-0.05, 0) is 67.1 Å². The van der Waals surface area contributed by atoms with Gasteiger partial charge in [-0.3, -0.25) is 9.59 Å². The number of methoxy groups -OCH3 is 1. The molecule has 2 amide bonds. The highest BCUT2D eigenvalue weighted by atomic mass is 35.5. The van der Waals surface area contributed by atoms with Crippen molar-refractivity contribution in [1.82, 2.24) is 5.43 Å². The second-order valence-electron chi connectivity index (χ2n) is 6.88. The van der Waals surface area contributed by atoms with Gasteiger partial charge in [-0.25, -0.2) is 9.82 Å². The third-order valence-electron chi connectivity index (χ3n) is 4.52. The highest BCUT2D eigenvalue weighted by Gasteiger charge is 2.14. The molecule has 0 spiro atoms. The summed E-state index contributed by atoms with van der Waals surface area (Å²) in [7, 11) is 1.52. The monoisotopic (exact) mass is 469 g/mol. The zero-order valence-corrected chi connectivity index (χ0v) is 18.7. The molecule has 0 bridgehead atoms. The van der Waals surface area contributed by atoms with Crippen LogP contribution < -0.4 is 20.2 Å². The topological polar surface area (TPSA) is 89.0 Å². The lowest BCUT2D eigenvalue weighted by molar-refractivity contribution is -0.136. The fourth-order valence-electron chi connectivity index (χ4n) is 2.72. The van der Waals surface area contributed by atoms with E-state index in [1.807, 2.05) is 12.1 Å². The van der Waals surface area contributed by atoms with E-state index in [2.05, 4.69) is 15.8 Å². The van der Waals surface area contributed by atoms with Gasteiger partial charge in [0.1, 0.15) is 12.4 Å². The molecule has 0 aliphatic carbocycles. The molecule has 170 valence electrons. The van der Waals surface area contributed by atoms with Gasteiger partial charge in [0.05, 0.1) is 12.8 Å². The van der Waals surface area contributed by atoms with Crippen molar-refractivity contribution >= 4 is 34.8 Å². The number of carbonyl (C=O) groups excluding carboxylic acids is 2. The molecule has 7 nitrogen and oxygen atoms in total. The summed E-state index contributed by atoms with van der Waals surface area (Å²) in [5, 5.41) is 6.97. The number of hydrogen-bond donors (Lipinski definition) is 2. The molecule has 3 rings (SSSR count). The molecule has 0 aromatic heterocycles. The van der Waals surface area contributed by atoms with Crippen LogP contribution in [0.2, 0.25) is 5.02 Å². The van der Waals surface area contributed by atoms with Crippen LogP contribution >= 0.6 is 11.6 Å². The van der Waals surface area contributed by atoms with Gasteiger partial charge in [-0.15, -0.1) is 0 Å². The molecule has 0 radical (unpaired) electrons. The number of nitrogens with one attached hydrogen (secondary N) is 2. The van der Waals surface area contributed by atoms with Crippen molar-refractivity contribution in [2.24, 2.45) is 5.10 Å². The van der Waals surface area contributed by atoms with Crippen LogP contribution in [-0.4, -0.2) is 24.6 Å². The van der Waals surface area contributed by atoms with Crippen LogP contribution in [0.4, 0.5) is 10.1 Å². The first kappa shape index (κ1) is 23.7. The Kier molecular flexibility index (Phi) is 7.99. The maximum absolute atomic E-state index is 12.9. The minimum absolute atomic E-state index is 0.288. The molecule has 2 N–H and O–H groups in total. The van der Waals surface area contributed by atoms with Crippen molar-refractivity contribution in [2.45, 2.75) is 13.5 Å². The second-order valence-corrected chi connectivity index (χ2v) is 7.32. The number of benzene rings is 3. The first-order valence-corrected chi connectivity index (χ1v) is 10.2. The first-order chi connectivity index (χ1) is 15.9. The zero-order chi connectivity index (χ0) is 23.8. The Bertz CT molecular complexity index is 1170. The van der Waals surface area contributed by atoms with Crippen LogP contribution in [0.25, 0.3) is 0 Å². The maximum Gasteiger partial charge on any atom is 0.329 e. The molecule has 3 aromatic rings. The Hall–Kier alpha value is -3.91. The van der Waals surface area contributed by atoms with E-state index in [1.54, 1.807) is 37.3 Å². The number of hydrazone groups is 1. The molecule has 0 saturated carbocycles. The molecule has 0 aliphatic heterocycles. The van der Waals surface area contributed by atoms with Crippen LogP contribution in [0.1, 0.15) is 18.1 Å². The normalized spacial score (nSPS) is 11.0. The summed E-state index contributed by atoms with van der Waals surface area (Å²) >= 11 is 5.89. The number of amides is 2. The smallest absolute Gasteiger partial charge is 0.329 e. The van der Waals surface area contributed by atoms with Gasteiger partial charge >= 0.3 is 11.8 Å². The first-order valence-electron chi connectivity index (χ1n) is 9.82. The van der Waals surface area contributed by atoms with Gasteiger partial charge < -0.3 is 14.8 Å². The molecule has 33 heavy (non-hydrogen) atoms. The van der Waals surface area contributed by atoms with Crippen LogP contribution in [-0.2, 0) is 16.2 Å². The Balaban J connectivity index is 1.61. The van der Waals surface area contributed by atoms with Gasteiger partial charge in [0.25, 0.3) is 0 Å². The summed E-state index contributed by atoms with van der Waals surface area (Å²) in [4.78, 5) is 24.0. The molecule has 0 unspecified atom stereocenters. The van der Waals surface area contributed by atoms with Crippen molar-refractivity contribution in [1.29, 1.82) is 0 Å². The lowest BCUT2D eigenvalue weighted by Gasteiger charge is -2.12. The van der Waals surface area contributed by atoms with E-state index in [1.165, 1.54) is 31.4 Å². The predicted octanol–water partition coefficient (Wildman–Crippen LogP) is 4.55. The summed E-state index contributed by atoms with van der Waals surface area (Å²) in [6, 6.07) is 17.5. The van der Waals surface area contributed by atoms with Gasteiger partial charge in [0.15, 0.2) is 11.5 Å². The summed E-state index contributed by atoms with van der Waals surface area (Å²) in [6.07, 6.45) is 0. The minimum atomic E-state index is -0.964. The lowest BCUT2D eigenvalue weighted by atomic mass is 10.1. The largest absolute Gasteiger partial charge is 0.493 e. The Morgan fingerprint density at radius 2 is 1.67 bits per heavy atom. The van der Waals surface area contributed by atoms with Crippen LogP contribution in [0.3, 0.4) is 0 Å². The number of halogens is 2. The van der Waals surface area contributed by atoms with Crippen LogP contribution in [0.15, 0.2) is 71.8 Å². The predicted molar refractivity (Wildman–Crippen MR) is 124 cm³/mol. The van der Waals surface area contributed by atoms with E-state index in [0.717, 1.165) is 5.56 Å². The molecular formula is C24H21ClFN3O4. The number of hydrogen-bond acceptors (Lipinski definition) is 5. The Morgan fingerprint density at radius 3 is 2.33 bits per heavy atom. The van der Waals surface area contributed by atoms with Crippen molar-refractivity contribution in [3.05, 3.63) is 88.7 Å². The lowest BCUT2D eigenvalue weighted by Crippen LogP contribution is -2.32. The Morgan fingerprint density at radius 1 is 0.970 bits per heavy atom. The van der Waals surface area contributed by atoms with Crippen LogP contribution in [0, 0.1) is 5.82 Å². The summed E-state index contributed by atoms with van der Waals surface area (Å²) < 4.78 is 24.2. The minimum Gasteiger partial charge on any atom is -0.493 e. The van der Waals surface area contributed by atoms with Crippen molar-refractivity contribution in [2.75, 3.05) is 12.4 Å². The SMILES string of the molecule is COc1cc(C(C)=NNC(=O)C(=O)Nc2ccc(F)cc2)ccc1OCc1ccc(Cl)cc1. The summed E-state index contributed by atoms with van der Waals surface area (Å²) in [6.45, 7) is 2.00. The number of anilines is 1. The second kappa shape index (κ2) is 11.1. The molecule has 0 heterocycles. The van der Waals surface area contributed by atoms with Crippen molar-refractivity contribution in [3.63, 3.8) is 0 Å². The molecule has 0 fully saturated rings. The average molecular weight is 470 g/mol. The fourth-order valence-corrected chi connectivity index (χ4v) is 2.85. The van der Waals surface area contributed by atoms with E-state index >= 15 is 0 Å². The van der Waals surface area contributed by atoms with E-state index in [0.29, 0.717) is 34.4 Å². The highest BCUT2D eigenvalue weighted by molar-refractivity contribution is 6.39. The number of nitrogens with zero attached hydrogens (tertiary/aromatic N) is 1. The van der Waals surface area contributed by atoms with E-state index < -0.39 is 17.6 Å². The molecule has 9 heteroatoms. The van der Waals surface area contributed by atoms with Crippen LogP contribution in [0.5, 0.6) is 11.5 Å². The fraction of sp³-hybridized carbons (Fsp3) is 0.125. The van der Waals surface area contributed by atoms with Gasteiger partial charge in [-0.2, -0.15) is 5.10 Å². The van der Waals surface area contributed by atoms with Crippen molar-refractivity contribution < 1.29 is 23.5 Å². The third-order valence-corrected chi connectivity index (χ3v) is 4.77. The van der Waals surface area contributed by atoms with E-state index in [4.69, 9.17) is 21.1 Å². The standard InChI is InChI=1S/C24H21ClFN3O4/c1-15(28-29-24(31)23(30)27-20-10-8-19(26)9-11-20)17-5-12-21(22(13-17)32-2)33-14-16-3-6-18(25)7-4-16/h3-13H,14H2,1-2H3,(H,27,30)(H,29,31). The quantitative estimate of drug-likeness (QED) is 0.302. The maximum atomic E-state index is 12.9. The molecule has 0 atom stereocenters. The number of carbonyl (C=O) groups is 2.